The number of carbonyl (C=O) groups excluding carboxylic acids is 2. The number of hydrogen-bond donors (Lipinski definition) is 1. The Kier molecular flexibility index (Phi) is 4.75. The summed E-state index contributed by atoms with van der Waals surface area (Å²) in [5, 5.41) is 2.56. The third-order valence-corrected chi connectivity index (χ3v) is 5.06. The molecule has 3 aromatic rings. The summed E-state index contributed by atoms with van der Waals surface area (Å²) in [6.07, 6.45) is -4.84. The molecule has 1 atom stereocenters. The molecule has 2 aromatic carbocycles. The number of rotatable bonds is 5. The lowest BCUT2D eigenvalue weighted by molar-refractivity contribution is -0.274. The van der Waals surface area contributed by atoms with Crippen LogP contribution in [-0.4, -0.2) is 34.3 Å². The number of imide groups is 1. The molecule has 0 spiro atoms. The molecule has 1 saturated heterocycles. The van der Waals surface area contributed by atoms with Crippen LogP contribution in [0.5, 0.6) is 5.75 Å². The molecular formula is C20H16F3N3O5. The molecule has 8 nitrogen and oxygen atoms in total. The van der Waals surface area contributed by atoms with Gasteiger partial charge in [0.1, 0.15) is 11.3 Å². The predicted octanol–water partition coefficient (Wildman–Crippen LogP) is 2.96. The van der Waals surface area contributed by atoms with Crippen molar-refractivity contribution in [2.75, 3.05) is 6.54 Å². The molecule has 1 N–H and O–H groups in total. The van der Waals surface area contributed by atoms with Gasteiger partial charge >= 0.3 is 18.1 Å². The van der Waals surface area contributed by atoms with E-state index in [1.807, 2.05) is 0 Å². The molecule has 0 aliphatic carbocycles. The first-order valence-electron chi connectivity index (χ1n) is 9.17. The number of nitrogens with zero attached hydrogens (tertiary/aromatic N) is 2. The first-order valence-corrected chi connectivity index (χ1v) is 9.17. The van der Waals surface area contributed by atoms with Crippen molar-refractivity contribution in [1.82, 2.24) is 14.8 Å². The monoisotopic (exact) mass is 435 g/mol. The number of benzene rings is 2. The number of halogens is 3. The predicted molar refractivity (Wildman–Crippen MR) is 101 cm³/mol. The van der Waals surface area contributed by atoms with Crippen molar-refractivity contribution in [1.29, 1.82) is 0 Å². The van der Waals surface area contributed by atoms with Crippen LogP contribution in [0.2, 0.25) is 0 Å². The zero-order valence-corrected chi connectivity index (χ0v) is 16.1. The number of fused-ring (bicyclic) bond motifs is 1. The Hall–Kier alpha value is -3.76. The first kappa shape index (κ1) is 20.5. The molecule has 3 amide bonds. The van der Waals surface area contributed by atoms with Crippen LogP contribution in [0.1, 0.15) is 12.5 Å². The number of carbonyl (C=O) groups is 2. The zero-order valence-electron chi connectivity index (χ0n) is 16.1. The lowest BCUT2D eigenvalue weighted by Crippen LogP contribution is -2.41. The number of aromatic nitrogens is 1. The van der Waals surface area contributed by atoms with Crippen molar-refractivity contribution in [3.63, 3.8) is 0 Å². The summed E-state index contributed by atoms with van der Waals surface area (Å²) >= 11 is 0. The maximum Gasteiger partial charge on any atom is 0.573 e. The van der Waals surface area contributed by atoms with Gasteiger partial charge in [-0.25, -0.2) is 9.59 Å². The molecule has 1 unspecified atom stereocenters. The van der Waals surface area contributed by atoms with E-state index in [0.29, 0.717) is 11.1 Å². The number of hydrogen-bond acceptors (Lipinski definition) is 5. The van der Waals surface area contributed by atoms with Gasteiger partial charge in [-0.3, -0.25) is 14.3 Å². The molecule has 2 heterocycles. The van der Waals surface area contributed by atoms with Crippen molar-refractivity contribution in [3.05, 3.63) is 64.6 Å². The van der Waals surface area contributed by atoms with Gasteiger partial charge in [-0.1, -0.05) is 24.3 Å². The Morgan fingerprint density at radius 2 is 1.71 bits per heavy atom. The maximum absolute atomic E-state index is 13.0. The van der Waals surface area contributed by atoms with Crippen LogP contribution in [0, 0.1) is 0 Å². The second kappa shape index (κ2) is 7.18. The standard InChI is InChI=1S/C20H16F3N3O5/c1-19(12-6-8-13(9-7-12)31-20(21,22)23)16(27)26(17(28)24-19)11-10-25-14-4-2-3-5-15(14)30-18(25)29/h2-9H,10-11H2,1H3,(H,24,28). The van der Waals surface area contributed by atoms with Crippen LogP contribution in [0.4, 0.5) is 18.0 Å². The average molecular weight is 435 g/mol. The molecule has 0 bridgehead atoms. The van der Waals surface area contributed by atoms with E-state index in [1.165, 1.54) is 23.6 Å². The number of alkyl halides is 3. The highest BCUT2D eigenvalue weighted by molar-refractivity contribution is 6.07. The molecular weight excluding hydrogens is 419 g/mol. The van der Waals surface area contributed by atoms with E-state index in [1.54, 1.807) is 24.3 Å². The Labute approximate surface area is 172 Å². The van der Waals surface area contributed by atoms with E-state index in [-0.39, 0.29) is 18.7 Å². The summed E-state index contributed by atoms with van der Waals surface area (Å²) in [4.78, 5) is 38.5. The number of ether oxygens (including phenoxy) is 1. The van der Waals surface area contributed by atoms with Gasteiger partial charge in [-0.15, -0.1) is 13.2 Å². The Morgan fingerprint density at radius 3 is 2.39 bits per heavy atom. The molecule has 162 valence electrons. The molecule has 31 heavy (non-hydrogen) atoms. The van der Waals surface area contributed by atoms with Gasteiger partial charge < -0.3 is 14.5 Å². The quantitative estimate of drug-likeness (QED) is 0.622. The summed E-state index contributed by atoms with van der Waals surface area (Å²) in [6, 6.07) is 10.7. The van der Waals surface area contributed by atoms with Crippen molar-refractivity contribution in [3.8, 4) is 5.75 Å². The van der Waals surface area contributed by atoms with Gasteiger partial charge in [-0.2, -0.15) is 0 Å². The summed E-state index contributed by atoms with van der Waals surface area (Å²) in [5.41, 5.74) is -0.274. The highest BCUT2D eigenvalue weighted by Gasteiger charge is 2.48. The van der Waals surface area contributed by atoms with E-state index in [0.717, 1.165) is 17.0 Å². The lowest BCUT2D eigenvalue weighted by atomic mass is 9.92. The highest BCUT2D eigenvalue weighted by Crippen LogP contribution is 2.31. The van der Waals surface area contributed by atoms with Crippen LogP contribution in [0.25, 0.3) is 11.1 Å². The maximum atomic E-state index is 13.0. The van der Waals surface area contributed by atoms with Crippen molar-refractivity contribution < 1.29 is 31.9 Å². The molecule has 0 radical (unpaired) electrons. The average Bonchev–Trinajstić information content (AvgIpc) is 3.13. The fourth-order valence-corrected chi connectivity index (χ4v) is 3.51. The summed E-state index contributed by atoms with van der Waals surface area (Å²) in [7, 11) is 0. The number of nitrogens with one attached hydrogen (secondary N) is 1. The van der Waals surface area contributed by atoms with Crippen LogP contribution >= 0.6 is 0 Å². The highest BCUT2D eigenvalue weighted by atomic mass is 19.4. The normalized spacial score (nSPS) is 19.2. The molecule has 0 saturated carbocycles. The smallest absolute Gasteiger partial charge is 0.408 e. The van der Waals surface area contributed by atoms with E-state index < -0.39 is 35.3 Å². The van der Waals surface area contributed by atoms with Crippen LogP contribution in [-0.2, 0) is 16.9 Å². The summed E-state index contributed by atoms with van der Waals surface area (Å²) < 4.78 is 47.3. The van der Waals surface area contributed by atoms with E-state index in [2.05, 4.69) is 10.1 Å². The minimum absolute atomic E-state index is 0.0173. The Balaban J connectivity index is 1.53. The van der Waals surface area contributed by atoms with Gasteiger partial charge in [0.15, 0.2) is 5.58 Å². The van der Waals surface area contributed by atoms with Gasteiger partial charge in [0.05, 0.1) is 5.52 Å². The minimum Gasteiger partial charge on any atom is -0.408 e. The van der Waals surface area contributed by atoms with Gasteiger partial charge in [0, 0.05) is 13.1 Å². The molecule has 4 rings (SSSR count). The molecule has 1 fully saturated rings. The molecule has 1 aliphatic rings. The fraction of sp³-hybridized carbons (Fsp3) is 0.250. The molecule has 11 heteroatoms. The second-order valence-electron chi connectivity index (χ2n) is 7.07. The SMILES string of the molecule is CC1(c2ccc(OC(F)(F)F)cc2)NC(=O)N(CCn2c(=O)oc3ccccc32)C1=O. The fourth-order valence-electron chi connectivity index (χ4n) is 3.51. The summed E-state index contributed by atoms with van der Waals surface area (Å²) in [6.45, 7) is 1.37. The van der Waals surface area contributed by atoms with Crippen molar-refractivity contribution in [2.45, 2.75) is 25.4 Å². The van der Waals surface area contributed by atoms with Crippen LogP contribution < -0.4 is 15.8 Å². The third kappa shape index (κ3) is 3.74. The van der Waals surface area contributed by atoms with E-state index in [9.17, 15) is 27.6 Å². The number of urea groups is 1. The Bertz CT molecular complexity index is 1220. The Morgan fingerprint density at radius 1 is 1.03 bits per heavy atom. The minimum atomic E-state index is -4.84. The van der Waals surface area contributed by atoms with Crippen LogP contribution in [0.15, 0.2) is 57.7 Å². The topological polar surface area (TPSA) is 93.8 Å². The number of para-hydroxylation sites is 2. The summed E-state index contributed by atoms with van der Waals surface area (Å²) in [5.74, 6) is -1.65. The second-order valence-corrected chi connectivity index (χ2v) is 7.07. The first-order chi connectivity index (χ1) is 14.6. The lowest BCUT2D eigenvalue weighted by Gasteiger charge is -2.22. The molecule has 1 aromatic heterocycles. The van der Waals surface area contributed by atoms with Gasteiger partial charge in [-0.05, 0) is 36.8 Å². The zero-order chi connectivity index (χ0) is 22.4. The largest absolute Gasteiger partial charge is 0.573 e. The third-order valence-electron chi connectivity index (χ3n) is 5.06. The van der Waals surface area contributed by atoms with Crippen LogP contribution in [0.3, 0.4) is 0 Å². The van der Waals surface area contributed by atoms with E-state index >= 15 is 0 Å². The van der Waals surface area contributed by atoms with Crippen molar-refractivity contribution in [2.24, 2.45) is 0 Å². The van der Waals surface area contributed by atoms with E-state index in [4.69, 9.17) is 4.42 Å². The van der Waals surface area contributed by atoms with Crippen molar-refractivity contribution >= 4 is 23.0 Å². The molecule has 1 aliphatic heterocycles. The van der Waals surface area contributed by atoms with Gasteiger partial charge in [0.2, 0.25) is 0 Å². The number of oxazole rings is 1. The van der Waals surface area contributed by atoms with Gasteiger partial charge in [0.25, 0.3) is 5.91 Å². The number of amides is 3.